The van der Waals surface area contributed by atoms with E-state index in [4.69, 9.17) is 32.9 Å². The number of hydrogen-bond acceptors (Lipinski definition) is 5. The van der Waals surface area contributed by atoms with Crippen LogP contribution >= 0.6 is 34.5 Å². The number of piperazine rings is 1. The van der Waals surface area contributed by atoms with Crippen LogP contribution in [0.1, 0.15) is 5.56 Å². The van der Waals surface area contributed by atoms with Gasteiger partial charge in [0.15, 0.2) is 5.13 Å². The zero-order valence-electron chi connectivity index (χ0n) is 14.6. The largest absolute Gasteiger partial charge is 0.494 e. The van der Waals surface area contributed by atoms with Gasteiger partial charge < -0.3 is 14.5 Å². The first kappa shape index (κ1) is 17.7. The number of ether oxygens (including phenoxy) is 1. The van der Waals surface area contributed by atoms with Gasteiger partial charge in [0.05, 0.1) is 27.5 Å². The summed E-state index contributed by atoms with van der Waals surface area (Å²) in [5.41, 5.74) is 3.18. The summed E-state index contributed by atoms with van der Waals surface area (Å²) in [4.78, 5) is 9.46. The summed E-state index contributed by atoms with van der Waals surface area (Å²) in [7, 11) is 1.69. The van der Waals surface area contributed by atoms with Gasteiger partial charge in [-0.05, 0) is 30.7 Å². The molecule has 7 heteroatoms. The maximum atomic E-state index is 6.37. The monoisotopic (exact) mass is 407 g/mol. The van der Waals surface area contributed by atoms with Gasteiger partial charge in [0.2, 0.25) is 0 Å². The van der Waals surface area contributed by atoms with Crippen LogP contribution in [0.2, 0.25) is 10.0 Å². The van der Waals surface area contributed by atoms with Crippen LogP contribution < -0.4 is 14.5 Å². The number of hydrogen-bond donors (Lipinski definition) is 0. The minimum Gasteiger partial charge on any atom is -0.494 e. The molecule has 1 saturated heterocycles. The Kier molecular flexibility index (Phi) is 4.86. The van der Waals surface area contributed by atoms with E-state index in [9.17, 15) is 0 Å². The fourth-order valence-electron chi connectivity index (χ4n) is 3.27. The molecular formula is C19H19Cl2N3OS. The lowest BCUT2D eigenvalue weighted by atomic mass is 10.2. The van der Waals surface area contributed by atoms with E-state index in [0.29, 0.717) is 10.0 Å². The molecule has 3 aromatic rings. The molecule has 0 spiro atoms. The standard InChI is InChI=1S/C19H19Cl2N3OS/c1-12-6-7-15(25-2)17-18(12)26-19(22-17)24-10-8-23(9-11-24)14-5-3-4-13(20)16(14)21/h3-7H,8-11H2,1-2H3. The minimum absolute atomic E-state index is 0.598. The van der Waals surface area contributed by atoms with Gasteiger partial charge in [-0.25, -0.2) is 4.98 Å². The van der Waals surface area contributed by atoms with E-state index in [2.05, 4.69) is 22.8 Å². The summed E-state index contributed by atoms with van der Waals surface area (Å²) < 4.78 is 6.67. The third kappa shape index (κ3) is 3.08. The van der Waals surface area contributed by atoms with Crippen LogP contribution in [0.3, 0.4) is 0 Å². The van der Waals surface area contributed by atoms with E-state index in [1.54, 1.807) is 18.4 Å². The van der Waals surface area contributed by atoms with Crippen LogP contribution in [0.15, 0.2) is 30.3 Å². The Balaban J connectivity index is 1.56. The average molecular weight is 408 g/mol. The van der Waals surface area contributed by atoms with Gasteiger partial charge >= 0.3 is 0 Å². The molecule has 1 aliphatic rings. The van der Waals surface area contributed by atoms with Crippen LogP contribution in [-0.4, -0.2) is 38.3 Å². The molecule has 4 rings (SSSR count). The molecule has 2 aromatic carbocycles. The number of benzene rings is 2. The van der Waals surface area contributed by atoms with Gasteiger partial charge in [-0.3, -0.25) is 0 Å². The summed E-state index contributed by atoms with van der Waals surface area (Å²) in [5.74, 6) is 0.831. The Morgan fingerprint density at radius 3 is 2.50 bits per heavy atom. The molecule has 1 aromatic heterocycles. The van der Waals surface area contributed by atoms with Crippen LogP contribution in [0, 0.1) is 6.92 Å². The quantitative estimate of drug-likeness (QED) is 0.592. The van der Waals surface area contributed by atoms with Crippen molar-refractivity contribution in [2.24, 2.45) is 0 Å². The Morgan fingerprint density at radius 1 is 1.04 bits per heavy atom. The summed E-state index contributed by atoms with van der Waals surface area (Å²) in [5, 5.41) is 2.27. The van der Waals surface area contributed by atoms with Crippen LogP contribution in [-0.2, 0) is 0 Å². The fourth-order valence-corrected chi connectivity index (χ4v) is 4.79. The van der Waals surface area contributed by atoms with Crippen molar-refractivity contribution in [3.8, 4) is 5.75 Å². The molecule has 0 saturated carbocycles. The molecule has 1 fully saturated rings. The van der Waals surface area contributed by atoms with Gasteiger partial charge in [-0.1, -0.05) is 46.7 Å². The van der Waals surface area contributed by atoms with E-state index in [1.165, 1.54) is 10.3 Å². The molecule has 0 aliphatic carbocycles. The minimum atomic E-state index is 0.598. The number of nitrogens with zero attached hydrogens (tertiary/aromatic N) is 3. The van der Waals surface area contributed by atoms with Crippen molar-refractivity contribution >= 4 is 55.6 Å². The lowest BCUT2D eigenvalue weighted by Gasteiger charge is -2.36. The Bertz CT molecular complexity index is 951. The molecular weight excluding hydrogens is 389 g/mol. The van der Waals surface area contributed by atoms with E-state index in [1.807, 2.05) is 24.3 Å². The van der Waals surface area contributed by atoms with Crippen molar-refractivity contribution < 1.29 is 4.74 Å². The maximum Gasteiger partial charge on any atom is 0.186 e. The number of aromatic nitrogens is 1. The molecule has 0 N–H and O–H groups in total. The second-order valence-electron chi connectivity index (χ2n) is 6.31. The second kappa shape index (κ2) is 7.14. The van der Waals surface area contributed by atoms with Crippen molar-refractivity contribution in [2.75, 3.05) is 43.1 Å². The van der Waals surface area contributed by atoms with Gasteiger partial charge in [-0.15, -0.1) is 0 Å². The topological polar surface area (TPSA) is 28.6 Å². The van der Waals surface area contributed by atoms with Crippen molar-refractivity contribution in [2.45, 2.75) is 6.92 Å². The number of halogens is 2. The lowest BCUT2D eigenvalue weighted by molar-refractivity contribution is 0.419. The third-order valence-electron chi connectivity index (χ3n) is 4.73. The number of fused-ring (bicyclic) bond motifs is 1. The van der Waals surface area contributed by atoms with Crippen molar-refractivity contribution in [1.29, 1.82) is 0 Å². The molecule has 0 bridgehead atoms. The predicted octanol–water partition coefficient (Wildman–Crippen LogP) is 5.25. The van der Waals surface area contributed by atoms with Crippen LogP contribution in [0.25, 0.3) is 10.2 Å². The fraction of sp³-hybridized carbons (Fsp3) is 0.316. The number of thiazole rings is 1. The first-order valence-electron chi connectivity index (χ1n) is 8.46. The number of methoxy groups -OCH3 is 1. The maximum absolute atomic E-state index is 6.37. The zero-order valence-corrected chi connectivity index (χ0v) is 17.0. The Labute approximate surface area is 166 Å². The third-order valence-corrected chi connectivity index (χ3v) is 6.79. The zero-order chi connectivity index (χ0) is 18.3. The smallest absolute Gasteiger partial charge is 0.186 e. The highest BCUT2D eigenvalue weighted by Crippen LogP contribution is 2.37. The summed E-state index contributed by atoms with van der Waals surface area (Å²) in [6, 6.07) is 9.86. The number of anilines is 2. The Morgan fingerprint density at radius 2 is 1.77 bits per heavy atom. The highest BCUT2D eigenvalue weighted by Gasteiger charge is 2.23. The van der Waals surface area contributed by atoms with Gasteiger partial charge in [0.1, 0.15) is 11.3 Å². The first-order chi connectivity index (χ1) is 12.6. The normalized spacial score (nSPS) is 14.9. The average Bonchev–Trinajstić information content (AvgIpc) is 3.11. The van der Waals surface area contributed by atoms with E-state index < -0.39 is 0 Å². The summed E-state index contributed by atoms with van der Waals surface area (Å²) in [6.07, 6.45) is 0. The van der Waals surface area contributed by atoms with Gasteiger partial charge in [0, 0.05) is 26.2 Å². The second-order valence-corrected chi connectivity index (χ2v) is 8.07. The van der Waals surface area contributed by atoms with Crippen LogP contribution in [0.4, 0.5) is 10.8 Å². The molecule has 0 radical (unpaired) electrons. The van der Waals surface area contributed by atoms with Crippen molar-refractivity contribution in [3.63, 3.8) is 0 Å². The molecule has 4 nitrogen and oxygen atoms in total. The Hall–Kier alpha value is -1.69. The van der Waals surface area contributed by atoms with E-state index in [0.717, 1.165) is 48.3 Å². The number of aryl methyl sites for hydroxylation is 1. The number of rotatable bonds is 3. The molecule has 0 unspecified atom stereocenters. The predicted molar refractivity (Wildman–Crippen MR) is 112 cm³/mol. The summed E-state index contributed by atoms with van der Waals surface area (Å²) >= 11 is 14.3. The summed E-state index contributed by atoms with van der Waals surface area (Å²) in [6.45, 7) is 5.66. The van der Waals surface area contributed by atoms with Crippen molar-refractivity contribution in [1.82, 2.24) is 4.98 Å². The lowest BCUT2D eigenvalue weighted by Crippen LogP contribution is -2.46. The van der Waals surface area contributed by atoms with Crippen LogP contribution in [0.5, 0.6) is 5.75 Å². The molecule has 0 atom stereocenters. The van der Waals surface area contributed by atoms with E-state index >= 15 is 0 Å². The molecule has 1 aliphatic heterocycles. The molecule has 26 heavy (non-hydrogen) atoms. The molecule has 2 heterocycles. The van der Waals surface area contributed by atoms with Gasteiger partial charge in [-0.2, -0.15) is 0 Å². The molecule has 0 amide bonds. The van der Waals surface area contributed by atoms with Gasteiger partial charge in [0.25, 0.3) is 0 Å². The van der Waals surface area contributed by atoms with Crippen molar-refractivity contribution in [3.05, 3.63) is 45.9 Å². The highest BCUT2D eigenvalue weighted by atomic mass is 35.5. The molecule has 136 valence electrons. The van der Waals surface area contributed by atoms with E-state index in [-0.39, 0.29) is 0 Å². The first-order valence-corrected chi connectivity index (χ1v) is 10.0. The highest BCUT2D eigenvalue weighted by molar-refractivity contribution is 7.22. The SMILES string of the molecule is COc1ccc(C)c2sc(N3CCN(c4cccc(Cl)c4Cl)CC3)nc12.